The average molecular weight is 396 g/mol. The van der Waals surface area contributed by atoms with E-state index in [1.54, 1.807) is 24.3 Å². The number of ether oxygens (including phenoxy) is 1. The molecule has 1 N–H and O–H groups in total. The maximum absolute atomic E-state index is 13.2. The second kappa shape index (κ2) is 8.26. The van der Waals surface area contributed by atoms with Gasteiger partial charge < -0.3 is 9.84 Å². The lowest BCUT2D eigenvalue weighted by Crippen LogP contribution is -2.52. The van der Waals surface area contributed by atoms with E-state index in [2.05, 4.69) is 5.92 Å². The Morgan fingerprint density at radius 3 is 1.70 bits per heavy atom. The zero-order valence-corrected chi connectivity index (χ0v) is 16.1. The number of esters is 1. The average Bonchev–Trinajstić information content (AvgIpc) is 2.75. The summed E-state index contributed by atoms with van der Waals surface area (Å²) in [5.74, 6) is -0.702. The molecule has 1 fully saturated rings. The molecule has 4 rings (SSSR count). The smallest absolute Gasteiger partial charge is 0.315 e. The van der Waals surface area contributed by atoms with Crippen molar-refractivity contribution in [2.75, 3.05) is 0 Å². The van der Waals surface area contributed by atoms with Crippen LogP contribution in [0.2, 0.25) is 0 Å². The van der Waals surface area contributed by atoms with Crippen molar-refractivity contribution in [1.82, 2.24) is 0 Å². The van der Waals surface area contributed by atoms with Crippen molar-refractivity contribution in [1.29, 1.82) is 0 Å². The number of benzene rings is 3. The molecule has 0 amide bonds. The second-order valence-corrected chi connectivity index (χ2v) is 7.35. The zero-order chi connectivity index (χ0) is 21.1. The molecule has 0 radical (unpaired) electrons. The number of hydrogen-bond donors (Lipinski definition) is 1. The molecule has 1 aliphatic carbocycles. The van der Waals surface area contributed by atoms with Gasteiger partial charge >= 0.3 is 11.9 Å². The lowest BCUT2D eigenvalue weighted by molar-refractivity contribution is -0.158. The Balaban J connectivity index is 1.70. The number of carboxylic acids is 1. The van der Waals surface area contributed by atoms with Crippen molar-refractivity contribution in [3.05, 3.63) is 102 Å². The summed E-state index contributed by atoms with van der Waals surface area (Å²) in [7, 11) is 0. The van der Waals surface area contributed by atoms with Gasteiger partial charge in [0.1, 0.15) is 5.75 Å². The summed E-state index contributed by atoms with van der Waals surface area (Å²) in [6, 6.07) is 25.3. The number of carboxylic acid groups (broad SMARTS) is 1. The Kier molecular flexibility index (Phi) is 5.36. The number of terminal acetylenes is 1. The van der Waals surface area contributed by atoms with E-state index in [9.17, 15) is 14.7 Å². The molecule has 3 aromatic carbocycles. The van der Waals surface area contributed by atoms with Crippen LogP contribution in [0.25, 0.3) is 0 Å². The minimum Gasteiger partial charge on any atom is -0.481 e. The van der Waals surface area contributed by atoms with Crippen molar-refractivity contribution >= 4 is 11.9 Å². The number of carbonyl (C=O) groups is 2. The molecule has 30 heavy (non-hydrogen) atoms. The standard InChI is InChI=1S/C26H20O4/c1-2-17-13-15-20(16-14-17)30-26(29)24-21(18-9-5-3-6-10-18)23(25(27)28)22(24)19-11-7-4-8-12-19/h1,3-16,21-24H,(H,27,28)/t21-,22-,23?,24?/m1/s1. The van der Waals surface area contributed by atoms with Gasteiger partial charge in [0.05, 0.1) is 11.8 Å². The van der Waals surface area contributed by atoms with Crippen molar-refractivity contribution < 1.29 is 19.4 Å². The van der Waals surface area contributed by atoms with Crippen LogP contribution in [0.1, 0.15) is 28.5 Å². The summed E-state index contributed by atoms with van der Waals surface area (Å²) >= 11 is 0. The summed E-state index contributed by atoms with van der Waals surface area (Å²) in [6.45, 7) is 0. The highest BCUT2D eigenvalue weighted by Gasteiger charge is 2.59. The molecule has 0 heterocycles. The predicted octanol–water partition coefficient (Wildman–Crippen LogP) is 4.47. The van der Waals surface area contributed by atoms with Gasteiger partial charge in [-0.3, -0.25) is 9.59 Å². The fraction of sp³-hybridized carbons (Fsp3) is 0.154. The van der Waals surface area contributed by atoms with E-state index >= 15 is 0 Å². The molecule has 0 saturated heterocycles. The van der Waals surface area contributed by atoms with E-state index in [4.69, 9.17) is 11.2 Å². The summed E-state index contributed by atoms with van der Waals surface area (Å²) in [6.07, 6.45) is 5.38. The number of aliphatic carboxylic acids is 1. The van der Waals surface area contributed by atoms with E-state index in [0.29, 0.717) is 11.3 Å². The van der Waals surface area contributed by atoms with Crippen LogP contribution in [0, 0.1) is 24.2 Å². The van der Waals surface area contributed by atoms with E-state index in [-0.39, 0.29) is 0 Å². The van der Waals surface area contributed by atoms with Crippen LogP contribution in [0.15, 0.2) is 84.9 Å². The zero-order valence-electron chi connectivity index (χ0n) is 16.1. The number of hydrogen-bond acceptors (Lipinski definition) is 3. The van der Waals surface area contributed by atoms with Gasteiger partial charge in [0.2, 0.25) is 0 Å². The van der Waals surface area contributed by atoms with Gasteiger partial charge in [0, 0.05) is 17.4 Å². The van der Waals surface area contributed by atoms with Gasteiger partial charge in [-0.15, -0.1) is 6.42 Å². The van der Waals surface area contributed by atoms with Crippen molar-refractivity contribution in [3.8, 4) is 18.1 Å². The predicted molar refractivity (Wildman–Crippen MR) is 113 cm³/mol. The highest BCUT2D eigenvalue weighted by Crippen LogP contribution is 2.58. The minimum atomic E-state index is -0.917. The summed E-state index contributed by atoms with van der Waals surface area (Å²) in [5, 5.41) is 9.97. The Bertz CT molecular complexity index is 1030. The molecule has 4 nitrogen and oxygen atoms in total. The molecule has 0 unspecified atom stereocenters. The van der Waals surface area contributed by atoms with Crippen LogP contribution in [-0.2, 0) is 9.59 Å². The first-order valence-corrected chi connectivity index (χ1v) is 9.71. The van der Waals surface area contributed by atoms with Crippen LogP contribution in [0.5, 0.6) is 5.75 Å². The lowest BCUT2D eigenvalue weighted by Gasteiger charge is -2.48. The molecule has 1 aliphatic rings. The molecular weight excluding hydrogens is 376 g/mol. The van der Waals surface area contributed by atoms with Gasteiger partial charge in [-0.25, -0.2) is 0 Å². The first kappa shape index (κ1) is 19.5. The van der Waals surface area contributed by atoms with Crippen molar-refractivity contribution in [3.63, 3.8) is 0 Å². The second-order valence-electron chi connectivity index (χ2n) is 7.35. The summed E-state index contributed by atoms with van der Waals surface area (Å²) < 4.78 is 5.65. The topological polar surface area (TPSA) is 63.6 Å². The third kappa shape index (κ3) is 3.58. The van der Waals surface area contributed by atoms with Crippen LogP contribution in [0.3, 0.4) is 0 Å². The summed E-state index contributed by atoms with van der Waals surface area (Å²) in [5.41, 5.74) is 2.33. The van der Waals surface area contributed by atoms with E-state index < -0.39 is 35.6 Å². The quantitative estimate of drug-likeness (QED) is 0.393. The Hall–Kier alpha value is -3.84. The van der Waals surface area contributed by atoms with E-state index in [0.717, 1.165) is 11.1 Å². The first-order chi connectivity index (χ1) is 14.6. The molecule has 0 bridgehead atoms. The van der Waals surface area contributed by atoms with Gasteiger partial charge in [-0.2, -0.15) is 0 Å². The monoisotopic (exact) mass is 396 g/mol. The molecule has 0 spiro atoms. The maximum atomic E-state index is 13.2. The normalized spacial score (nSPS) is 22.4. The SMILES string of the molecule is C#Cc1ccc(OC(=O)C2[C@H](c3ccccc3)C(C(=O)O)[C@H]2c2ccccc2)cc1. The lowest BCUT2D eigenvalue weighted by atomic mass is 9.52. The molecule has 4 heteroatoms. The molecule has 0 aromatic heterocycles. The molecule has 0 aliphatic heterocycles. The van der Waals surface area contributed by atoms with Crippen molar-refractivity contribution in [2.45, 2.75) is 11.8 Å². The highest BCUT2D eigenvalue weighted by atomic mass is 16.5. The molecule has 2 atom stereocenters. The van der Waals surface area contributed by atoms with Crippen LogP contribution in [-0.4, -0.2) is 17.0 Å². The Morgan fingerprint density at radius 2 is 1.27 bits per heavy atom. The van der Waals surface area contributed by atoms with Gasteiger partial charge in [-0.05, 0) is 35.4 Å². The van der Waals surface area contributed by atoms with Crippen molar-refractivity contribution in [2.24, 2.45) is 11.8 Å². The van der Waals surface area contributed by atoms with Crippen LogP contribution >= 0.6 is 0 Å². The molecule has 3 aromatic rings. The third-order valence-corrected chi connectivity index (χ3v) is 5.71. The van der Waals surface area contributed by atoms with E-state index in [1.165, 1.54) is 0 Å². The van der Waals surface area contributed by atoms with E-state index in [1.807, 2.05) is 60.7 Å². The fourth-order valence-electron chi connectivity index (χ4n) is 4.33. The molecule has 148 valence electrons. The highest BCUT2D eigenvalue weighted by molar-refractivity contribution is 5.85. The van der Waals surface area contributed by atoms with Crippen LogP contribution in [0.4, 0.5) is 0 Å². The Labute approximate surface area is 175 Å². The molecule has 1 saturated carbocycles. The summed E-state index contributed by atoms with van der Waals surface area (Å²) in [4.78, 5) is 25.4. The molecular formula is C26H20O4. The van der Waals surface area contributed by atoms with Gasteiger partial charge in [0.15, 0.2) is 0 Å². The first-order valence-electron chi connectivity index (χ1n) is 9.71. The maximum Gasteiger partial charge on any atom is 0.315 e. The third-order valence-electron chi connectivity index (χ3n) is 5.71. The van der Waals surface area contributed by atoms with Gasteiger partial charge in [-0.1, -0.05) is 66.6 Å². The van der Waals surface area contributed by atoms with Gasteiger partial charge in [0.25, 0.3) is 0 Å². The number of carbonyl (C=O) groups excluding carboxylic acids is 1. The minimum absolute atomic E-state index is 0.386. The largest absolute Gasteiger partial charge is 0.481 e. The Morgan fingerprint density at radius 1 is 0.767 bits per heavy atom. The van der Waals surface area contributed by atoms with Crippen LogP contribution < -0.4 is 4.74 Å². The number of rotatable bonds is 5. The fourth-order valence-corrected chi connectivity index (χ4v) is 4.33.